The van der Waals surface area contributed by atoms with Gasteiger partial charge in [0.05, 0.1) is 13.2 Å². The molecule has 0 atom stereocenters. The highest BCUT2D eigenvalue weighted by molar-refractivity contribution is 5.37. The van der Waals surface area contributed by atoms with E-state index in [0.717, 1.165) is 11.3 Å². The third-order valence-electron chi connectivity index (χ3n) is 2.97. The summed E-state index contributed by atoms with van der Waals surface area (Å²) < 4.78 is 5.94. The Labute approximate surface area is 96.7 Å². The number of aryl methyl sites for hydroxylation is 1. The monoisotopic (exact) mass is 221 g/mol. The topological polar surface area (TPSA) is 30.5 Å². The minimum absolute atomic E-state index is 0.420. The van der Waals surface area contributed by atoms with Gasteiger partial charge in [-0.2, -0.15) is 5.48 Å². The second-order valence-electron chi connectivity index (χ2n) is 4.31. The van der Waals surface area contributed by atoms with Crippen molar-refractivity contribution in [2.24, 2.45) is 0 Å². The molecule has 1 fully saturated rings. The van der Waals surface area contributed by atoms with Gasteiger partial charge in [-0.25, -0.2) is 0 Å². The van der Waals surface area contributed by atoms with Gasteiger partial charge in [-0.15, -0.1) is 0 Å². The van der Waals surface area contributed by atoms with Crippen LogP contribution in [0.4, 0.5) is 0 Å². The van der Waals surface area contributed by atoms with E-state index in [2.05, 4.69) is 30.6 Å². The van der Waals surface area contributed by atoms with Crippen LogP contribution in [-0.2, 0) is 11.4 Å². The Bertz CT molecular complexity index is 348. The number of hydroxylamine groups is 1. The normalized spacial score (nSPS) is 15.9. The number of benzene rings is 1. The lowest BCUT2D eigenvalue weighted by molar-refractivity contribution is 0.0829. The van der Waals surface area contributed by atoms with E-state index in [4.69, 9.17) is 9.57 Å². The van der Waals surface area contributed by atoms with E-state index in [-0.39, 0.29) is 0 Å². The molecular weight excluding hydrogens is 202 g/mol. The van der Waals surface area contributed by atoms with Crippen LogP contribution in [0, 0.1) is 6.92 Å². The van der Waals surface area contributed by atoms with Crippen LogP contribution in [0.3, 0.4) is 0 Å². The summed E-state index contributed by atoms with van der Waals surface area (Å²) in [4.78, 5) is 4.88. The van der Waals surface area contributed by atoms with Gasteiger partial charge in [0.2, 0.25) is 0 Å². The van der Waals surface area contributed by atoms with Crippen molar-refractivity contribution < 1.29 is 9.57 Å². The van der Waals surface area contributed by atoms with E-state index in [0.29, 0.717) is 12.6 Å². The van der Waals surface area contributed by atoms with Crippen molar-refractivity contribution in [1.29, 1.82) is 0 Å². The predicted molar refractivity (Wildman–Crippen MR) is 63.3 cm³/mol. The summed E-state index contributed by atoms with van der Waals surface area (Å²) in [6.45, 7) is 2.77. The van der Waals surface area contributed by atoms with E-state index < -0.39 is 0 Å². The standard InChI is InChI=1S/C13H19NO2/c1-10-6-7-13(16-12-4-3-5-12)11(8-10)9-14-15-2/h6-8,12,14H,3-5,9H2,1-2H3. The molecule has 0 radical (unpaired) electrons. The minimum Gasteiger partial charge on any atom is -0.490 e. The van der Waals surface area contributed by atoms with Crippen molar-refractivity contribution in [2.45, 2.75) is 38.8 Å². The molecule has 0 unspecified atom stereocenters. The van der Waals surface area contributed by atoms with Crippen molar-refractivity contribution >= 4 is 0 Å². The van der Waals surface area contributed by atoms with Crippen molar-refractivity contribution in [3.05, 3.63) is 29.3 Å². The van der Waals surface area contributed by atoms with Gasteiger partial charge in [-0.1, -0.05) is 17.7 Å². The van der Waals surface area contributed by atoms with E-state index >= 15 is 0 Å². The molecule has 1 N–H and O–H groups in total. The largest absolute Gasteiger partial charge is 0.490 e. The van der Waals surface area contributed by atoms with Crippen LogP contribution >= 0.6 is 0 Å². The molecule has 16 heavy (non-hydrogen) atoms. The van der Waals surface area contributed by atoms with E-state index in [1.807, 2.05) is 0 Å². The summed E-state index contributed by atoms with van der Waals surface area (Å²) >= 11 is 0. The molecule has 3 heteroatoms. The number of hydrogen-bond donors (Lipinski definition) is 1. The Hall–Kier alpha value is -1.06. The van der Waals surface area contributed by atoms with Gasteiger partial charge < -0.3 is 9.57 Å². The Morgan fingerprint density at radius 1 is 1.38 bits per heavy atom. The lowest BCUT2D eigenvalue weighted by Crippen LogP contribution is -2.25. The first-order chi connectivity index (χ1) is 7.79. The molecule has 88 valence electrons. The minimum atomic E-state index is 0.420. The average molecular weight is 221 g/mol. The molecule has 0 bridgehead atoms. The van der Waals surface area contributed by atoms with E-state index in [1.165, 1.54) is 24.8 Å². The molecule has 1 aliphatic carbocycles. The Kier molecular flexibility index (Phi) is 3.80. The number of hydrogen-bond acceptors (Lipinski definition) is 3. The summed E-state index contributed by atoms with van der Waals surface area (Å²) in [7, 11) is 1.63. The van der Waals surface area contributed by atoms with Gasteiger partial charge in [0.25, 0.3) is 0 Å². The molecule has 1 aromatic carbocycles. The zero-order chi connectivity index (χ0) is 11.4. The van der Waals surface area contributed by atoms with Crippen molar-refractivity contribution in [3.63, 3.8) is 0 Å². The summed E-state index contributed by atoms with van der Waals surface area (Å²) in [5.74, 6) is 0.986. The second-order valence-corrected chi connectivity index (χ2v) is 4.31. The van der Waals surface area contributed by atoms with Gasteiger partial charge >= 0.3 is 0 Å². The lowest BCUT2D eigenvalue weighted by Gasteiger charge is -2.27. The van der Waals surface area contributed by atoms with Gasteiger partial charge in [0.15, 0.2) is 0 Å². The van der Waals surface area contributed by atoms with Gasteiger partial charge in [0, 0.05) is 12.1 Å². The highest BCUT2D eigenvalue weighted by Crippen LogP contribution is 2.28. The molecule has 1 aromatic rings. The fraction of sp³-hybridized carbons (Fsp3) is 0.538. The average Bonchev–Trinajstić information content (AvgIpc) is 2.22. The van der Waals surface area contributed by atoms with Crippen LogP contribution in [0.1, 0.15) is 30.4 Å². The van der Waals surface area contributed by atoms with Crippen molar-refractivity contribution in [3.8, 4) is 5.75 Å². The Morgan fingerprint density at radius 2 is 2.19 bits per heavy atom. The third kappa shape index (κ3) is 2.74. The molecular formula is C13H19NO2. The molecule has 0 heterocycles. The third-order valence-corrected chi connectivity index (χ3v) is 2.97. The molecule has 1 aliphatic rings. The summed E-state index contributed by atoms with van der Waals surface area (Å²) in [5, 5.41) is 0. The first kappa shape index (κ1) is 11.4. The van der Waals surface area contributed by atoms with Crippen LogP contribution < -0.4 is 10.2 Å². The smallest absolute Gasteiger partial charge is 0.124 e. The van der Waals surface area contributed by atoms with Crippen LogP contribution in [0.25, 0.3) is 0 Å². The highest BCUT2D eigenvalue weighted by Gasteiger charge is 2.20. The Morgan fingerprint density at radius 3 is 2.81 bits per heavy atom. The molecule has 0 amide bonds. The molecule has 2 rings (SSSR count). The van der Waals surface area contributed by atoms with Gasteiger partial charge in [0.1, 0.15) is 5.75 Å². The first-order valence-corrected chi connectivity index (χ1v) is 5.81. The van der Waals surface area contributed by atoms with E-state index in [9.17, 15) is 0 Å². The Balaban J connectivity index is 2.07. The fourth-order valence-corrected chi connectivity index (χ4v) is 1.78. The molecule has 0 spiro atoms. The fourth-order valence-electron chi connectivity index (χ4n) is 1.78. The number of nitrogens with one attached hydrogen (secondary N) is 1. The zero-order valence-corrected chi connectivity index (χ0v) is 9.95. The number of rotatable bonds is 5. The van der Waals surface area contributed by atoms with Crippen LogP contribution in [-0.4, -0.2) is 13.2 Å². The van der Waals surface area contributed by atoms with Crippen LogP contribution in [0.15, 0.2) is 18.2 Å². The molecule has 0 aromatic heterocycles. The second kappa shape index (κ2) is 5.32. The maximum Gasteiger partial charge on any atom is 0.124 e. The lowest BCUT2D eigenvalue weighted by atomic mass is 9.96. The van der Waals surface area contributed by atoms with Gasteiger partial charge in [-0.3, -0.25) is 0 Å². The molecule has 0 saturated heterocycles. The first-order valence-electron chi connectivity index (χ1n) is 5.81. The maximum absolute atomic E-state index is 5.94. The highest BCUT2D eigenvalue weighted by atomic mass is 16.6. The SMILES string of the molecule is CONCc1cc(C)ccc1OC1CCC1. The van der Waals surface area contributed by atoms with Crippen molar-refractivity contribution in [2.75, 3.05) is 7.11 Å². The van der Waals surface area contributed by atoms with Crippen LogP contribution in [0.2, 0.25) is 0 Å². The summed E-state index contributed by atoms with van der Waals surface area (Å²) in [5.41, 5.74) is 5.27. The maximum atomic E-state index is 5.94. The summed E-state index contributed by atoms with van der Waals surface area (Å²) in [6.07, 6.45) is 4.09. The molecule has 1 saturated carbocycles. The zero-order valence-electron chi connectivity index (χ0n) is 9.95. The molecule has 3 nitrogen and oxygen atoms in total. The van der Waals surface area contributed by atoms with Crippen molar-refractivity contribution in [1.82, 2.24) is 5.48 Å². The van der Waals surface area contributed by atoms with E-state index in [1.54, 1.807) is 7.11 Å². The number of ether oxygens (including phenoxy) is 1. The quantitative estimate of drug-likeness (QED) is 0.775. The summed E-state index contributed by atoms with van der Waals surface area (Å²) in [6, 6.07) is 6.28. The van der Waals surface area contributed by atoms with Crippen LogP contribution in [0.5, 0.6) is 5.75 Å². The van der Waals surface area contributed by atoms with Gasteiger partial charge in [-0.05, 0) is 32.3 Å². The molecule has 0 aliphatic heterocycles. The predicted octanol–water partition coefficient (Wildman–Crippen LogP) is 2.58.